The second-order valence-electron chi connectivity index (χ2n) is 8.01. The maximum absolute atomic E-state index is 12.9. The van der Waals surface area contributed by atoms with Crippen LogP contribution in [0, 0.1) is 11.8 Å². The van der Waals surface area contributed by atoms with Gasteiger partial charge in [-0.05, 0) is 31.9 Å². The predicted molar refractivity (Wildman–Crippen MR) is 84.8 cm³/mol. The summed E-state index contributed by atoms with van der Waals surface area (Å²) >= 11 is 0. The van der Waals surface area contributed by atoms with Gasteiger partial charge in [0.25, 0.3) is 0 Å². The quantitative estimate of drug-likeness (QED) is 0.687. The van der Waals surface area contributed by atoms with Gasteiger partial charge in [-0.25, -0.2) is 4.79 Å². The Morgan fingerprint density at radius 3 is 2.04 bits per heavy atom. The van der Waals surface area contributed by atoms with Crippen LogP contribution in [0.1, 0.15) is 44.0 Å². The molecule has 0 unspecified atom stereocenters. The number of nitrogens with zero attached hydrogens (tertiary/aromatic N) is 1. The molecule has 120 valence electrons. The first kappa shape index (κ1) is 13.6. The van der Waals surface area contributed by atoms with Crippen LogP contribution in [-0.2, 0) is 9.47 Å². The van der Waals surface area contributed by atoms with E-state index in [2.05, 4.69) is 36.4 Å². The Kier molecular flexibility index (Phi) is 2.47. The van der Waals surface area contributed by atoms with E-state index in [1.54, 1.807) is 0 Å². The molecule has 0 radical (unpaired) electrons. The number of fused-ring (bicyclic) bond motifs is 12. The first-order chi connectivity index (χ1) is 11.0. The van der Waals surface area contributed by atoms with Gasteiger partial charge in [0, 0.05) is 11.8 Å². The molecular weight excluding hydrogens is 290 g/mol. The molecule has 0 aromatic heterocycles. The lowest BCUT2D eigenvalue weighted by molar-refractivity contribution is 0.00453. The molecule has 2 saturated heterocycles. The molecular formula is C19H21NO3. The summed E-state index contributed by atoms with van der Waals surface area (Å²) in [4.78, 5) is 14.9. The fourth-order valence-electron chi connectivity index (χ4n) is 5.00. The lowest BCUT2D eigenvalue weighted by atomic mass is 9.71. The Balaban J connectivity index is 1.59. The minimum Gasteiger partial charge on any atom is -0.444 e. The van der Waals surface area contributed by atoms with Crippen molar-refractivity contribution in [1.29, 1.82) is 0 Å². The number of rotatable bonds is 0. The zero-order chi connectivity index (χ0) is 15.9. The van der Waals surface area contributed by atoms with Crippen LogP contribution in [0.5, 0.6) is 0 Å². The molecule has 1 aromatic rings. The average molecular weight is 311 g/mol. The second kappa shape index (κ2) is 4.18. The van der Waals surface area contributed by atoms with E-state index in [4.69, 9.17) is 9.47 Å². The lowest BCUT2D eigenvalue weighted by Crippen LogP contribution is -2.37. The molecule has 23 heavy (non-hydrogen) atoms. The van der Waals surface area contributed by atoms with Gasteiger partial charge in [0.1, 0.15) is 5.60 Å². The number of carbonyl (C=O) groups excluding carboxylic acids is 1. The number of hydrogen-bond acceptors (Lipinski definition) is 3. The van der Waals surface area contributed by atoms with Gasteiger partial charge in [0.05, 0.1) is 24.3 Å². The molecule has 0 spiro atoms. The van der Waals surface area contributed by atoms with Gasteiger partial charge >= 0.3 is 6.09 Å². The van der Waals surface area contributed by atoms with Crippen molar-refractivity contribution < 1.29 is 14.3 Å². The summed E-state index contributed by atoms with van der Waals surface area (Å²) in [6, 6.07) is 8.59. The van der Waals surface area contributed by atoms with Gasteiger partial charge < -0.3 is 9.47 Å². The summed E-state index contributed by atoms with van der Waals surface area (Å²) in [5, 5.41) is 0. The van der Waals surface area contributed by atoms with Crippen molar-refractivity contribution in [3.8, 4) is 0 Å². The molecule has 4 aliphatic rings. The Labute approximate surface area is 136 Å². The minimum absolute atomic E-state index is 0.0796. The van der Waals surface area contributed by atoms with Crippen LogP contribution in [0.4, 0.5) is 4.79 Å². The van der Waals surface area contributed by atoms with E-state index in [1.165, 1.54) is 11.1 Å². The lowest BCUT2D eigenvalue weighted by Gasteiger charge is -2.29. The molecule has 4 aliphatic heterocycles. The van der Waals surface area contributed by atoms with Crippen LogP contribution >= 0.6 is 0 Å². The van der Waals surface area contributed by atoms with E-state index in [0.717, 1.165) is 0 Å². The summed E-state index contributed by atoms with van der Waals surface area (Å²) < 4.78 is 11.8. The van der Waals surface area contributed by atoms with E-state index < -0.39 is 5.60 Å². The Morgan fingerprint density at radius 1 is 1.04 bits per heavy atom. The smallest absolute Gasteiger partial charge is 0.411 e. The number of benzene rings is 1. The normalized spacial score (nSPS) is 38.8. The molecule has 0 aliphatic carbocycles. The van der Waals surface area contributed by atoms with E-state index in [0.29, 0.717) is 11.8 Å². The van der Waals surface area contributed by atoms with Crippen molar-refractivity contribution in [2.45, 2.75) is 50.7 Å². The predicted octanol–water partition coefficient (Wildman–Crippen LogP) is 3.60. The van der Waals surface area contributed by atoms with Crippen LogP contribution in [-0.4, -0.2) is 28.8 Å². The topological polar surface area (TPSA) is 38.8 Å². The third-order valence-electron chi connectivity index (χ3n) is 5.57. The van der Waals surface area contributed by atoms with Crippen LogP contribution in [0.25, 0.3) is 0 Å². The third-order valence-corrected chi connectivity index (χ3v) is 5.57. The van der Waals surface area contributed by atoms with Crippen LogP contribution in [0.3, 0.4) is 0 Å². The highest BCUT2D eigenvalue weighted by Gasteiger charge is 2.66. The monoisotopic (exact) mass is 311 g/mol. The molecule has 1 aromatic carbocycles. The first-order valence-corrected chi connectivity index (χ1v) is 8.40. The average Bonchev–Trinajstić information content (AvgIpc) is 3.22. The molecule has 1 amide bonds. The highest BCUT2D eigenvalue weighted by Crippen LogP contribution is 2.66. The van der Waals surface area contributed by atoms with E-state index >= 15 is 0 Å². The SMILES string of the molecule is CC(C)(C)OC(=O)N1[C@@H]2c3ccccc3[C@H]1[C@H]1[C@@H]2[C@H]2C=C[C@@H]1O2. The summed E-state index contributed by atoms with van der Waals surface area (Å²) in [5.74, 6) is 0.717. The van der Waals surface area contributed by atoms with Gasteiger partial charge in [-0.15, -0.1) is 0 Å². The largest absolute Gasteiger partial charge is 0.444 e. The molecule has 4 heterocycles. The first-order valence-electron chi connectivity index (χ1n) is 8.40. The van der Waals surface area contributed by atoms with Crippen LogP contribution in [0.2, 0.25) is 0 Å². The zero-order valence-electron chi connectivity index (χ0n) is 13.6. The van der Waals surface area contributed by atoms with Crippen molar-refractivity contribution in [1.82, 2.24) is 4.90 Å². The molecule has 4 heteroatoms. The molecule has 5 rings (SSSR count). The van der Waals surface area contributed by atoms with Crippen LogP contribution in [0.15, 0.2) is 36.4 Å². The van der Waals surface area contributed by atoms with Gasteiger partial charge in [-0.3, -0.25) is 4.90 Å². The van der Waals surface area contributed by atoms with Crippen molar-refractivity contribution in [3.63, 3.8) is 0 Å². The molecule has 2 fully saturated rings. The van der Waals surface area contributed by atoms with Crippen molar-refractivity contribution in [2.75, 3.05) is 0 Å². The fourth-order valence-corrected chi connectivity index (χ4v) is 5.00. The number of hydrogen-bond donors (Lipinski definition) is 0. The third kappa shape index (κ3) is 1.67. The Morgan fingerprint density at radius 2 is 1.57 bits per heavy atom. The zero-order valence-corrected chi connectivity index (χ0v) is 13.6. The second-order valence-corrected chi connectivity index (χ2v) is 8.01. The molecule has 6 atom stereocenters. The molecule has 4 bridgehead atoms. The summed E-state index contributed by atoms with van der Waals surface area (Å²) in [6.45, 7) is 5.77. The van der Waals surface area contributed by atoms with E-state index in [1.807, 2.05) is 25.7 Å². The number of amides is 1. The maximum atomic E-state index is 12.9. The summed E-state index contributed by atoms with van der Waals surface area (Å²) in [6.07, 6.45) is 4.42. The highest BCUT2D eigenvalue weighted by atomic mass is 16.6. The number of ether oxygens (including phenoxy) is 2. The van der Waals surface area contributed by atoms with E-state index in [-0.39, 0.29) is 30.4 Å². The highest BCUT2D eigenvalue weighted by molar-refractivity contribution is 5.73. The van der Waals surface area contributed by atoms with Crippen LogP contribution < -0.4 is 0 Å². The Hall–Kier alpha value is -1.81. The van der Waals surface area contributed by atoms with Crippen molar-refractivity contribution in [2.24, 2.45) is 11.8 Å². The summed E-state index contributed by atoms with van der Waals surface area (Å²) in [5.41, 5.74) is 2.07. The van der Waals surface area contributed by atoms with Gasteiger partial charge in [0.15, 0.2) is 0 Å². The number of carbonyl (C=O) groups is 1. The molecule has 0 saturated carbocycles. The minimum atomic E-state index is -0.478. The summed E-state index contributed by atoms with van der Waals surface area (Å²) in [7, 11) is 0. The van der Waals surface area contributed by atoms with Crippen molar-refractivity contribution >= 4 is 6.09 Å². The van der Waals surface area contributed by atoms with E-state index in [9.17, 15) is 4.79 Å². The van der Waals surface area contributed by atoms with Gasteiger partial charge in [-0.2, -0.15) is 0 Å². The molecule has 4 nitrogen and oxygen atoms in total. The Bertz CT molecular complexity index is 675. The fraction of sp³-hybridized carbons (Fsp3) is 0.526. The maximum Gasteiger partial charge on any atom is 0.411 e. The van der Waals surface area contributed by atoms with Gasteiger partial charge in [0.2, 0.25) is 0 Å². The molecule has 0 N–H and O–H groups in total. The van der Waals surface area contributed by atoms with Crippen molar-refractivity contribution in [3.05, 3.63) is 47.5 Å². The van der Waals surface area contributed by atoms with Gasteiger partial charge in [-0.1, -0.05) is 36.4 Å². The standard InChI is InChI=1S/C19H21NO3/c1-19(2,3)23-18(21)20-16-10-6-4-5-7-11(10)17(20)15-13-9-8-12(22-13)14(15)16/h4-9,12-17H,1-3H3/t12-,13+,14+,15-,16-,17+.